The number of nitrogens with one attached hydrogen (secondary N) is 1. The lowest BCUT2D eigenvalue weighted by Gasteiger charge is -2.36. The standard InChI is InChI=1S/C15H29NO2/c1-11-9-13(10-12(2)17-11)18-15-8-6-4-5-7-14(15)16-3/h11-16H,4-10H2,1-3H3. The largest absolute Gasteiger partial charge is 0.375 e. The van der Waals surface area contributed by atoms with Crippen LogP contribution in [0.1, 0.15) is 58.8 Å². The van der Waals surface area contributed by atoms with Gasteiger partial charge in [0.25, 0.3) is 0 Å². The fourth-order valence-corrected chi connectivity index (χ4v) is 3.47. The molecule has 0 amide bonds. The van der Waals surface area contributed by atoms with Gasteiger partial charge in [0.2, 0.25) is 0 Å². The van der Waals surface area contributed by atoms with Crippen LogP contribution in [0, 0.1) is 0 Å². The van der Waals surface area contributed by atoms with Gasteiger partial charge in [0.15, 0.2) is 0 Å². The molecule has 1 saturated heterocycles. The molecule has 4 unspecified atom stereocenters. The molecule has 0 radical (unpaired) electrons. The second-order valence-corrected chi connectivity index (χ2v) is 6.06. The van der Waals surface area contributed by atoms with Gasteiger partial charge in [0.05, 0.1) is 24.4 Å². The van der Waals surface area contributed by atoms with Crippen LogP contribution in [-0.2, 0) is 9.47 Å². The van der Waals surface area contributed by atoms with E-state index in [1.165, 1.54) is 32.1 Å². The third kappa shape index (κ3) is 3.94. The van der Waals surface area contributed by atoms with Crippen LogP contribution in [0.5, 0.6) is 0 Å². The fraction of sp³-hybridized carbons (Fsp3) is 1.00. The zero-order chi connectivity index (χ0) is 13.0. The van der Waals surface area contributed by atoms with Crippen LogP contribution < -0.4 is 5.32 Å². The molecular formula is C15H29NO2. The summed E-state index contributed by atoms with van der Waals surface area (Å²) < 4.78 is 12.2. The highest BCUT2D eigenvalue weighted by atomic mass is 16.5. The maximum atomic E-state index is 6.41. The Morgan fingerprint density at radius 2 is 1.67 bits per heavy atom. The van der Waals surface area contributed by atoms with Crippen molar-refractivity contribution in [3.05, 3.63) is 0 Å². The van der Waals surface area contributed by atoms with E-state index in [4.69, 9.17) is 9.47 Å². The molecule has 4 atom stereocenters. The molecule has 1 N–H and O–H groups in total. The van der Waals surface area contributed by atoms with Crippen LogP contribution in [0.15, 0.2) is 0 Å². The van der Waals surface area contributed by atoms with Crippen molar-refractivity contribution in [3.63, 3.8) is 0 Å². The molecule has 2 fully saturated rings. The molecule has 18 heavy (non-hydrogen) atoms. The minimum Gasteiger partial charge on any atom is -0.375 e. The van der Waals surface area contributed by atoms with Crippen molar-refractivity contribution in [3.8, 4) is 0 Å². The van der Waals surface area contributed by atoms with Gasteiger partial charge in [-0.15, -0.1) is 0 Å². The average molecular weight is 255 g/mol. The van der Waals surface area contributed by atoms with Gasteiger partial charge in [-0.05, 0) is 46.6 Å². The first-order chi connectivity index (χ1) is 8.69. The summed E-state index contributed by atoms with van der Waals surface area (Å²) in [5.41, 5.74) is 0. The smallest absolute Gasteiger partial charge is 0.0731 e. The van der Waals surface area contributed by atoms with E-state index in [9.17, 15) is 0 Å². The van der Waals surface area contributed by atoms with Crippen molar-refractivity contribution in [2.24, 2.45) is 0 Å². The first kappa shape index (κ1) is 14.3. The number of hydrogen-bond donors (Lipinski definition) is 1. The molecule has 1 saturated carbocycles. The van der Waals surface area contributed by atoms with E-state index in [1.54, 1.807) is 0 Å². The van der Waals surface area contributed by atoms with Gasteiger partial charge < -0.3 is 14.8 Å². The molecule has 0 aromatic carbocycles. The van der Waals surface area contributed by atoms with Gasteiger partial charge in [-0.1, -0.05) is 19.3 Å². The molecule has 0 spiro atoms. The quantitative estimate of drug-likeness (QED) is 0.787. The van der Waals surface area contributed by atoms with Crippen molar-refractivity contribution in [2.75, 3.05) is 7.05 Å². The molecule has 3 nitrogen and oxygen atoms in total. The molecule has 0 bridgehead atoms. The van der Waals surface area contributed by atoms with E-state index in [-0.39, 0.29) is 0 Å². The van der Waals surface area contributed by atoms with Gasteiger partial charge in [0.1, 0.15) is 0 Å². The van der Waals surface area contributed by atoms with Crippen LogP contribution in [-0.4, -0.2) is 37.5 Å². The Morgan fingerprint density at radius 1 is 1.00 bits per heavy atom. The first-order valence-corrected chi connectivity index (χ1v) is 7.67. The van der Waals surface area contributed by atoms with Gasteiger partial charge in [0, 0.05) is 6.04 Å². The third-order valence-electron chi connectivity index (χ3n) is 4.34. The van der Waals surface area contributed by atoms with Crippen molar-refractivity contribution >= 4 is 0 Å². The van der Waals surface area contributed by atoms with E-state index in [0.717, 1.165) is 12.8 Å². The fourth-order valence-electron chi connectivity index (χ4n) is 3.47. The highest BCUT2D eigenvalue weighted by Gasteiger charge is 2.30. The van der Waals surface area contributed by atoms with Crippen molar-refractivity contribution in [1.82, 2.24) is 5.32 Å². The lowest BCUT2D eigenvalue weighted by molar-refractivity contribution is -0.128. The third-order valence-corrected chi connectivity index (χ3v) is 4.34. The summed E-state index contributed by atoms with van der Waals surface area (Å²) in [5.74, 6) is 0. The Morgan fingerprint density at radius 3 is 2.33 bits per heavy atom. The minimum absolute atomic E-state index is 0.345. The van der Waals surface area contributed by atoms with Crippen LogP contribution in [0.4, 0.5) is 0 Å². The molecule has 0 aromatic rings. The van der Waals surface area contributed by atoms with E-state index in [2.05, 4.69) is 26.2 Å². The molecule has 1 heterocycles. The highest BCUT2D eigenvalue weighted by molar-refractivity contribution is 4.82. The second kappa shape index (κ2) is 6.88. The molecule has 1 aliphatic heterocycles. The monoisotopic (exact) mass is 255 g/mol. The Bertz CT molecular complexity index is 237. The molecule has 2 rings (SSSR count). The van der Waals surface area contributed by atoms with Crippen molar-refractivity contribution in [2.45, 2.75) is 89.3 Å². The topological polar surface area (TPSA) is 30.5 Å². The number of hydrogen-bond acceptors (Lipinski definition) is 3. The summed E-state index contributed by atoms with van der Waals surface area (Å²) >= 11 is 0. The van der Waals surface area contributed by atoms with E-state index in [1.807, 2.05) is 0 Å². The lowest BCUT2D eigenvalue weighted by Crippen LogP contribution is -2.43. The maximum Gasteiger partial charge on any atom is 0.0731 e. The Balaban J connectivity index is 1.89. The van der Waals surface area contributed by atoms with Crippen molar-refractivity contribution < 1.29 is 9.47 Å². The number of likely N-dealkylation sites (N-methyl/N-ethyl adjacent to an activating group) is 1. The summed E-state index contributed by atoms with van der Waals surface area (Å²) in [5, 5.41) is 3.45. The predicted octanol–water partition coefficient (Wildman–Crippen LogP) is 2.88. The number of rotatable bonds is 3. The van der Waals surface area contributed by atoms with E-state index in [0.29, 0.717) is 30.5 Å². The van der Waals surface area contributed by atoms with Gasteiger partial charge >= 0.3 is 0 Å². The molecule has 2 aliphatic rings. The Labute approximate surface area is 112 Å². The molecule has 3 heteroatoms. The Kier molecular flexibility index (Phi) is 5.46. The highest BCUT2D eigenvalue weighted by Crippen LogP contribution is 2.27. The lowest BCUT2D eigenvalue weighted by atomic mass is 10.0. The first-order valence-electron chi connectivity index (χ1n) is 7.67. The zero-order valence-corrected chi connectivity index (χ0v) is 12.2. The van der Waals surface area contributed by atoms with Crippen LogP contribution in [0.25, 0.3) is 0 Å². The van der Waals surface area contributed by atoms with Gasteiger partial charge in [-0.2, -0.15) is 0 Å². The van der Waals surface area contributed by atoms with Gasteiger partial charge in [-0.3, -0.25) is 0 Å². The maximum absolute atomic E-state index is 6.41. The number of ether oxygens (including phenoxy) is 2. The summed E-state index contributed by atoms with van der Waals surface area (Å²) in [7, 11) is 2.07. The molecule has 0 aromatic heterocycles. The van der Waals surface area contributed by atoms with E-state index < -0.39 is 0 Å². The molecule has 106 valence electrons. The summed E-state index contributed by atoms with van der Waals surface area (Å²) in [4.78, 5) is 0. The van der Waals surface area contributed by atoms with Crippen molar-refractivity contribution in [1.29, 1.82) is 0 Å². The predicted molar refractivity (Wildman–Crippen MR) is 73.8 cm³/mol. The van der Waals surface area contributed by atoms with E-state index >= 15 is 0 Å². The normalized spacial score (nSPS) is 42.5. The summed E-state index contributed by atoms with van der Waals surface area (Å²) in [6.07, 6.45) is 10.1. The second-order valence-electron chi connectivity index (χ2n) is 6.06. The zero-order valence-electron chi connectivity index (χ0n) is 12.2. The Hall–Kier alpha value is -0.120. The summed E-state index contributed by atoms with van der Waals surface area (Å²) in [6.45, 7) is 4.32. The molecule has 1 aliphatic carbocycles. The minimum atomic E-state index is 0.345. The SMILES string of the molecule is CNC1CCCCCC1OC1CC(C)OC(C)C1. The average Bonchev–Trinajstić information content (AvgIpc) is 2.52. The van der Waals surface area contributed by atoms with Crippen LogP contribution in [0.2, 0.25) is 0 Å². The molecular weight excluding hydrogens is 226 g/mol. The van der Waals surface area contributed by atoms with Crippen LogP contribution >= 0.6 is 0 Å². The summed E-state index contributed by atoms with van der Waals surface area (Å²) in [6, 6.07) is 0.543. The van der Waals surface area contributed by atoms with Crippen LogP contribution in [0.3, 0.4) is 0 Å². The van der Waals surface area contributed by atoms with Gasteiger partial charge in [-0.25, -0.2) is 0 Å².